The van der Waals surface area contributed by atoms with Crippen molar-refractivity contribution in [2.75, 3.05) is 0 Å². The van der Waals surface area contributed by atoms with E-state index in [9.17, 15) is 4.79 Å². The van der Waals surface area contributed by atoms with Crippen LogP contribution in [0, 0.1) is 11.3 Å². The predicted octanol–water partition coefficient (Wildman–Crippen LogP) is 1.76. The van der Waals surface area contributed by atoms with E-state index >= 15 is 0 Å². The third kappa shape index (κ3) is 1.30. The lowest BCUT2D eigenvalue weighted by atomic mass is 10.1. The Labute approximate surface area is 67.2 Å². The van der Waals surface area contributed by atoms with Crippen molar-refractivity contribution in [2.45, 2.75) is 26.9 Å². The van der Waals surface area contributed by atoms with E-state index in [2.05, 4.69) is 20.4 Å². The van der Waals surface area contributed by atoms with Crippen LogP contribution in [0.25, 0.3) is 0 Å². The van der Waals surface area contributed by atoms with Gasteiger partial charge in [-0.2, -0.15) is 0 Å². The van der Waals surface area contributed by atoms with Crippen molar-refractivity contribution in [1.29, 1.82) is 0 Å². The summed E-state index contributed by atoms with van der Waals surface area (Å²) in [7, 11) is 0. The van der Waals surface area contributed by atoms with Gasteiger partial charge in [-0.25, -0.2) is 0 Å². The lowest BCUT2D eigenvalue weighted by Gasteiger charge is -2.01. The molecule has 2 heteroatoms. The average molecular weight is 154 g/mol. The molecular formula is C9H14O2. The standard InChI is InChI=1S/C9H14O2/c1-5-7-8(9(7,3)4)11-6(2)10/h5,7-8H,1H2,2-4H3/t7-,8+/m0/s1. The number of ether oxygens (including phenoxy) is 1. The van der Waals surface area contributed by atoms with Crippen LogP contribution in [-0.4, -0.2) is 12.1 Å². The summed E-state index contributed by atoms with van der Waals surface area (Å²) in [4.78, 5) is 10.6. The van der Waals surface area contributed by atoms with Crippen molar-refractivity contribution in [3.05, 3.63) is 12.7 Å². The number of hydrogen-bond donors (Lipinski definition) is 0. The maximum Gasteiger partial charge on any atom is 0.302 e. The van der Waals surface area contributed by atoms with Crippen molar-refractivity contribution in [1.82, 2.24) is 0 Å². The SMILES string of the molecule is C=C[C@H]1[C@@H](OC(C)=O)C1(C)C. The second-order valence-electron chi connectivity index (χ2n) is 3.61. The zero-order chi connectivity index (χ0) is 8.65. The minimum atomic E-state index is -0.201. The van der Waals surface area contributed by atoms with E-state index in [1.54, 1.807) is 0 Å². The fourth-order valence-electron chi connectivity index (χ4n) is 1.46. The molecule has 1 saturated carbocycles. The Kier molecular flexibility index (Phi) is 1.78. The molecule has 0 heterocycles. The van der Waals surface area contributed by atoms with Crippen LogP contribution in [-0.2, 0) is 9.53 Å². The molecule has 1 aliphatic rings. The second kappa shape index (κ2) is 2.36. The van der Waals surface area contributed by atoms with Crippen molar-refractivity contribution < 1.29 is 9.53 Å². The monoisotopic (exact) mass is 154 g/mol. The lowest BCUT2D eigenvalue weighted by Crippen LogP contribution is -2.06. The molecule has 1 aliphatic carbocycles. The molecule has 62 valence electrons. The number of hydrogen-bond acceptors (Lipinski definition) is 2. The van der Waals surface area contributed by atoms with Crippen LogP contribution in [0.5, 0.6) is 0 Å². The summed E-state index contributed by atoms with van der Waals surface area (Å²) < 4.78 is 5.07. The van der Waals surface area contributed by atoms with Crippen LogP contribution in [0.1, 0.15) is 20.8 Å². The zero-order valence-corrected chi connectivity index (χ0v) is 7.26. The van der Waals surface area contributed by atoms with Crippen LogP contribution in [0.15, 0.2) is 12.7 Å². The quantitative estimate of drug-likeness (QED) is 0.447. The summed E-state index contributed by atoms with van der Waals surface area (Å²) in [6, 6.07) is 0. The second-order valence-corrected chi connectivity index (χ2v) is 3.61. The molecule has 0 amide bonds. The van der Waals surface area contributed by atoms with Crippen molar-refractivity contribution in [3.63, 3.8) is 0 Å². The number of carbonyl (C=O) groups is 1. The summed E-state index contributed by atoms with van der Waals surface area (Å²) in [6.45, 7) is 9.28. The normalized spacial score (nSPS) is 32.6. The van der Waals surface area contributed by atoms with Crippen molar-refractivity contribution in [2.24, 2.45) is 11.3 Å². The van der Waals surface area contributed by atoms with E-state index in [1.165, 1.54) is 6.92 Å². The fraction of sp³-hybridized carbons (Fsp3) is 0.667. The summed E-state index contributed by atoms with van der Waals surface area (Å²) in [5.41, 5.74) is 0.105. The van der Waals surface area contributed by atoms with Crippen LogP contribution in [0.3, 0.4) is 0 Å². The molecule has 0 N–H and O–H groups in total. The van der Waals surface area contributed by atoms with Gasteiger partial charge in [0, 0.05) is 18.3 Å². The molecule has 0 aliphatic heterocycles. The first-order chi connectivity index (χ1) is 5.00. The first-order valence-electron chi connectivity index (χ1n) is 3.80. The van der Waals surface area contributed by atoms with Gasteiger partial charge in [-0.1, -0.05) is 19.9 Å². The molecular weight excluding hydrogens is 140 g/mol. The number of rotatable bonds is 2. The number of esters is 1. The largest absolute Gasteiger partial charge is 0.461 e. The molecule has 0 saturated heterocycles. The topological polar surface area (TPSA) is 26.3 Å². The number of carbonyl (C=O) groups excluding carboxylic acids is 1. The first kappa shape index (κ1) is 8.31. The molecule has 1 rings (SSSR count). The van der Waals surface area contributed by atoms with E-state index in [0.717, 1.165) is 0 Å². The maximum absolute atomic E-state index is 10.6. The van der Waals surface area contributed by atoms with Crippen molar-refractivity contribution >= 4 is 5.97 Å². The predicted molar refractivity (Wildman–Crippen MR) is 43.0 cm³/mol. The lowest BCUT2D eigenvalue weighted by molar-refractivity contribution is -0.143. The molecule has 2 nitrogen and oxygen atoms in total. The Bertz CT molecular complexity index is 194. The van der Waals surface area contributed by atoms with Crippen LogP contribution in [0.4, 0.5) is 0 Å². The highest BCUT2D eigenvalue weighted by Gasteiger charge is 2.58. The Morgan fingerprint density at radius 3 is 2.45 bits per heavy atom. The van der Waals surface area contributed by atoms with Gasteiger partial charge >= 0.3 is 5.97 Å². The zero-order valence-electron chi connectivity index (χ0n) is 7.26. The Morgan fingerprint density at radius 2 is 2.18 bits per heavy atom. The van der Waals surface area contributed by atoms with Crippen LogP contribution in [0.2, 0.25) is 0 Å². The first-order valence-corrected chi connectivity index (χ1v) is 3.80. The molecule has 11 heavy (non-hydrogen) atoms. The minimum Gasteiger partial charge on any atom is -0.461 e. The highest BCUT2D eigenvalue weighted by atomic mass is 16.5. The van der Waals surface area contributed by atoms with E-state index in [-0.39, 0.29) is 17.5 Å². The third-order valence-electron chi connectivity index (χ3n) is 2.36. The van der Waals surface area contributed by atoms with Gasteiger partial charge in [0.25, 0.3) is 0 Å². The molecule has 0 unspecified atom stereocenters. The Hall–Kier alpha value is -0.790. The van der Waals surface area contributed by atoms with E-state index < -0.39 is 0 Å². The van der Waals surface area contributed by atoms with Crippen molar-refractivity contribution in [3.8, 4) is 0 Å². The van der Waals surface area contributed by atoms with Gasteiger partial charge in [0.2, 0.25) is 0 Å². The maximum atomic E-state index is 10.6. The summed E-state index contributed by atoms with van der Waals surface area (Å²) in [6.07, 6.45) is 1.91. The molecule has 0 aromatic carbocycles. The molecule has 0 bridgehead atoms. The Balaban J connectivity index is 2.52. The third-order valence-corrected chi connectivity index (χ3v) is 2.36. The van der Waals surface area contributed by atoms with Gasteiger partial charge < -0.3 is 4.74 Å². The van der Waals surface area contributed by atoms with E-state index in [4.69, 9.17) is 4.74 Å². The average Bonchev–Trinajstić information content (AvgIpc) is 2.33. The molecule has 2 atom stereocenters. The molecule has 1 fully saturated rings. The van der Waals surface area contributed by atoms with Crippen LogP contribution >= 0.6 is 0 Å². The van der Waals surface area contributed by atoms with Gasteiger partial charge in [-0.15, -0.1) is 6.58 Å². The van der Waals surface area contributed by atoms with Gasteiger partial charge in [0.15, 0.2) is 0 Å². The molecule has 0 aromatic heterocycles. The van der Waals surface area contributed by atoms with Gasteiger partial charge in [-0.05, 0) is 0 Å². The van der Waals surface area contributed by atoms with E-state index in [1.807, 2.05) is 6.08 Å². The van der Waals surface area contributed by atoms with E-state index in [0.29, 0.717) is 5.92 Å². The fourth-order valence-corrected chi connectivity index (χ4v) is 1.46. The Morgan fingerprint density at radius 1 is 1.64 bits per heavy atom. The summed E-state index contributed by atoms with van der Waals surface area (Å²) in [5.74, 6) is 0.138. The smallest absolute Gasteiger partial charge is 0.302 e. The van der Waals surface area contributed by atoms with Crippen LogP contribution < -0.4 is 0 Å². The highest BCUT2D eigenvalue weighted by Crippen LogP contribution is 2.54. The van der Waals surface area contributed by atoms with Gasteiger partial charge in [0.05, 0.1) is 0 Å². The molecule has 0 spiro atoms. The molecule has 0 radical (unpaired) electrons. The molecule has 0 aromatic rings. The highest BCUT2D eigenvalue weighted by molar-refractivity contribution is 5.66. The van der Waals surface area contributed by atoms with Gasteiger partial charge in [-0.3, -0.25) is 4.79 Å². The summed E-state index contributed by atoms with van der Waals surface area (Å²) in [5, 5.41) is 0. The minimum absolute atomic E-state index is 0.0532. The van der Waals surface area contributed by atoms with Gasteiger partial charge in [0.1, 0.15) is 6.10 Å². The summed E-state index contributed by atoms with van der Waals surface area (Å²) >= 11 is 0.